The van der Waals surface area contributed by atoms with Crippen LogP contribution in [0.2, 0.25) is 0 Å². The molecule has 1 aliphatic heterocycles. The van der Waals surface area contributed by atoms with Gasteiger partial charge in [0, 0.05) is 12.2 Å². The number of carbonyl (C=O) groups excluding carboxylic acids is 3. The number of Topliss-reactive ketones (excluding diaryl/α,β-unsaturated/α-hetero) is 1. The Balaban J connectivity index is 1.85. The lowest BCUT2D eigenvalue weighted by molar-refractivity contribution is -0.127. The molecule has 0 unspecified atom stereocenters. The van der Waals surface area contributed by atoms with Gasteiger partial charge in [-0.05, 0) is 38.0 Å². The molecule has 160 valence electrons. The van der Waals surface area contributed by atoms with Crippen molar-refractivity contribution in [3.05, 3.63) is 46.8 Å². The largest absolute Gasteiger partial charge is 0.477 e. The SMILES string of the molecule is CCCNC(=O)[C@@H]1CN(CC(=O)c2[nH]c(C)c(C(=O)OC)c2C)c2ccccc2O1. The topological polar surface area (TPSA) is 101 Å². The summed E-state index contributed by atoms with van der Waals surface area (Å²) in [5.74, 6) is -0.314. The second kappa shape index (κ2) is 9.02. The molecule has 30 heavy (non-hydrogen) atoms. The normalized spacial score (nSPS) is 15.2. The highest BCUT2D eigenvalue weighted by Gasteiger charge is 2.32. The lowest BCUT2D eigenvalue weighted by Crippen LogP contribution is -2.50. The van der Waals surface area contributed by atoms with E-state index in [0.29, 0.717) is 34.8 Å². The number of aryl methyl sites for hydroxylation is 1. The third-order valence-corrected chi connectivity index (χ3v) is 5.14. The number of ether oxygens (including phenoxy) is 2. The molecule has 2 aromatic rings. The molecule has 2 N–H and O–H groups in total. The van der Waals surface area contributed by atoms with Crippen molar-refractivity contribution in [3.63, 3.8) is 0 Å². The quantitative estimate of drug-likeness (QED) is 0.534. The van der Waals surface area contributed by atoms with Gasteiger partial charge in [0.2, 0.25) is 0 Å². The number of amides is 1. The van der Waals surface area contributed by atoms with Gasteiger partial charge < -0.3 is 24.7 Å². The molecule has 3 rings (SSSR count). The molecule has 1 aliphatic rings. The summed E-state index contributed by atoms with van der Waals surface area (Å²) in [4.78, 5) is 42.5. The van der Waals surface area contributed by atoms with Gasteiger partial charge in [0.1, 0.15) is 5.75 Å². The molecule has 1 aromatic heterocycles. The Morgan fingerprint density at radius 1 is 1.27 bits per heavy atom. The Hall–Kier alpha value is -3.29. The Labute approximate surface area is 175 Å². The lowest BCUT2D eigenvalue weighted by atomic mass is 10.1. The highest BCUT2D eigenvalue weighted by Crippen LogP contribution is 2.33. The van der Waals surface area contributed by atoms with Crippen molar-refractivity contribution >= 4 is 23.3 Å². The van der Waals surface area contributed by atoms with Gasteiger partial charge in [0.25, 0.3) is 5.91 Å². The molecule has 8 nitrogen and oxygen atoms in total. The highest BCUT2D eigenvalue weighted by molar-refractivity contribution is 6.03. The molecular weight excluding hydrogens is 386 g/mol. The summed E-state index contributed by atoms with van der Waals surface area (Å²) in [5.41, 5.74) is 2.63. The zero-order valence-corrected chi connectivity index (χ0v) is 17.7. The zero-order chi connectivity index (χ0) is 21.8. The molecule has 1 aromatic carbocycles. The Kier molecular flexibility index (Phi) is 6.44. The molecule has 0 spiro atoms. The van der Waals surface area contributed by atoms with Crippen molar-refractivity contribution in [2.75, 3.05) is 31.6 Å². The van der Waals surface area contributed by atoms with Gasteiger partial charge in [-0.1, -0.05) is 19.1 Å². The standard InChI is InChI=1S/C22H27N3O5/c1-5-10-23-21(27)18-12-25(15-8-6-7-9-17(15)30-18)11-16(26)20-13(2)19(14(3)24-20)22(28)29-4/h6-9,18,24H,5,10-12H2,1-4H3,(H,23,27)/t18-/m0/s1. The average molecular weight is 413 g/mol. The van der Waals surface area contributed by atoms with Crippen molar-refractivity contribution in [3.8, 4) is 5.75 Å². The van der Waals surface area contributed by atoms with Crippen LogP contribution in [-0.4, -0.2) is 55.5 Å². The smallest absolute Gasteiger partial charge is 0.339 e. The van der Waals surface area contributed by atoms with Crippen LogP contribution in [0, 0.1) is 13.8 Å². The Morgan fingerprint density at radius 2 is 2.00 bits per heavy atom. The molecule has 0 saturated carbocycles. The number of nitrogens with one attached hydrogen (secondary N) is 2. The van der Waals surface area contributed by atoms with Crippen molar-refractivity contribution in [2.24, 2.45) is 0 Å². The minimum absolute atomic E-state index is 0.0410. The van der Waals surface area contributed by atoms with E-state index in [2.05, 4.69) is 10.3 Å². The molecule has 1 atom stereocenters. The van der Waals surface area contributed by atoms with Gasteiger partial charge in [-0.15, -0.1) is 0 Å². The number of aromatic nitrogens is 1. The lowest BCUT2D eigenvalue weighted by Gasteiger charge is -2.35. The minimum Gasteiger partial charge on any atom is -0.477 e. The second-order valence-corrected chi connectivity index (χ2v) is 7.29. The fraction of sp³-hybridized carbons (Fsp3) is 0.409. The van der Waals surface area contributed by atoms with Crippen LogP contribution in [0.5, 0.6) is 5.75 Å². The fourth-order valence-corrected chi connectivity index (χ4v) is 3.64. The molecular formula is C22H27N3O5. The summed E-state index contributed by atoms with van der Waals surface area (Å²) in [5, 5.41) is 2.84. The first-order valence-electron chi connectivity index (χ1n) is 9.96. The number of nitrogens with zero attached hydrogens (tertiary/aromatic N) is 1. The first-order valence-corrected chi connectivity index (χ1v) is 9.96. The third-order valence-electron chi connectivity index (χ3n) is 5.14. The van der Waals surface area contributed by atoms with Gasteiger partial charge in [0.05, 0.1) is 37.1 Å². The molecule has 2 heterocycles. The molecule has 0 saturated heterocycles. The maximum Gasteiger partial charge on any atom is 0.339 e. The molecule has 8 heteroatoms. The van der Waals surface area contributed by atoms with E-state index in [0.717, 1.165) is 12.1 Å². The molecule has 1 amide bonds. The van der Waals surface area contributed by atoms with E-state index < -0.39 is 12.1 Å². The van der Waals surface area contributed by atoms with Crippen LogP contribution in [0.15, 0.2) is 24.3 Å². The van der Waals surface area contributed by atoms with E-state index in [1.165, 1.54) is 7.11 Å². The number of ketones is 1. The number of para-hydroxylation sites is 2. The van der Waals surface area contributed by atoms with E-state index in [1.807, 2.05) is 30.0 Å². The number of rotatable bonds is 7. The van der Waals surface area contributed by atoms with E-state index in [-0.39, 0.29) is 24.8 Å². The van der Waals surface area contributed by atoms with Crippen LogP contribution < -0.4 is 15.0 Å². The third kappa shape index (κ3) is 4.17. The summed E-state index contributed by atoms with van der Waals surface area (Å²) < 4.78 is 10.7. The van der Waals surface area contributed by atoms with Gasteiger partial charge >= 0.3 is 5.97 Å². The van der Waals surface area contributed by atoms with Gasteiger partial charge in [-0.3, -0.25) is 9.59 Å². The maximum atomic E-state index is 13.1. The maximum absolute atomic E-state index is 13.1. The number of esters is 1. The summed E-state index contributed by atoms with van der Waals surface area (Å²) in [6.07, 6.45) is 0.113. The van der Waals surface area contributed by atoms with Crippen LogP contribution in [0.4, 0.5) is 5.69 Å². The van der Waals surface area contributed by atoms with Crippen molar-refractivity contribution < 1.29 is 23.9 Å². The number of aromatic amines is 1. The fourth-order valence-electron chi connectivity index (χ4n) is 3.64. The average Bonchev–Trinajstić information content (AvgIpc) is 3.05. The monoisotopic (exact) mass is 413 g/mol. The van der Waals surface area contributed by atoms with Crippen LogP contribution in [0.1, 0.15) is 45.4 Å². The number of carbonyl (C=O) groups is 3. The Morgan fingerprint density at radius 3 is 2.70 bits per heavy atom. The highest BCUT2D eigenvalue weighted by atomic mass is 16.5. The first kappa shape index (κ1) is 21.4. The zero-order valence-electron chi connectivity index (χ0n) is 17.7. The number of H-pyrrole nitrogens is 1. The summed E-state index contributed by atoms with van der Waals surface area (Å²) in [6.45, 7) is 6.29. The van der Waals surface area contributed by atoms with Gasteiger partial charge in [-0.25, -0.2) is 4.79 Å². The molecule has 0 fully saturated rings. The van der Waals surface area contributed by atoms with Crippen LogP contribution in [0.3, 0.4) is 0 Å². The number of hydrogen-bond donors (Lipinski definition) is 2. The van der Waals surface area contributed by atoms with E-state index in [1.54, 1.807) is 19.9 Å². The number of benzene rings is 1. The van der Waals surface area contributed by atoms with Crippen molar-refractivity contribution in [1.82, 2.24) is 10.3 Å². The molecule has 0 radical (unpaired) electrons. The van der Waals surface area contributed by atoms with Gasteiger partial charge in [-0.2, -0.15) is 0 Å². The molecule has 0 aliphatic carbocycles. The van der Waals surface area contributed by atoms with Crippen molar-refractivity contribution in [1.29, 1.82) is 0 Å². The number of hydrogen-bond acceptors (Lipinski definition) is 6. The van der Waals surface area contributed by atoms with Crippen molar-refractivity contribution in [2.45, 2.75) is 33.3 Å². The second-order valence-electron chi connectivity index (χ2n) is 7.29. The van der Waals surface area contributed by atoms with Crippen LogP contribution in [0.25, 0.3) is 0 Å². The summed E-state index contributed by atoms with van der Waals surface area (Å²) in [7, 11) is 1.31. The van der Waals surface area contributed by atoms with E-state index >= 15 is 0 Å². The van der Waals surface area contributed by atoms with Crippen LogP contribution >= 0.6 is 0 Å². The minimum atomic E-state index is -0.712. The predicted molar refractivity (Wildman–Crippen MR) is 112 cm³/mol. The van der Waals surface area contributed by atoms with Gasteiger partial charge in [0.15, 0.2) is 11.9 Å². The number of methoxy groups -OCH3 is 1. The van der Waals surface area contributed by atoms with E-state index in [4.69, 9.17) is 9.47 Å². The Bertz CT molecular complexity index is 966. The summed E-state index contributed by atoms with van der Waals surface area (Å²) >= 11 is 0. The number of anilines is 1. The van der Waals surface area contributed by atoms with E-state index in [9.17, 15) is 14.4 Å². The number of fused-ring (bicyclic) bond motifs is 1. The predicted octanol–water partition coefficient (Wildman–Crippen LogP) is 2.39. The molecule has 0 bridgehead atoms. The summed E-state index contributed by atoms with van der Waals surface area (Å²) in [6, 6.07) is 7.32. The first-order chi connectivity index (χ1) is 14.4. The van der Waals surface area contributed by atoms with Crippen LogP contribution in [-0.2, 0) is 9.53 Å².